The molecule has 3 fully saturated rings. The smallest absolute Gasteiger partial charge is 0.410 e. The number of benzene rings is 2. The van der Waals surface area contributed by atoms with E-state index in [4.69, 9.17) is 15.2 Å². The van der Waals surface area contributed by atoms with Crippen LogP contribution >= 0.6 is 0 Å². The summed E-state index contributed by atoms with van der Waals surface area (Å²) < 4.78 is 29.5. The van der Waals surface area contributed by atoms with E-state index in [1.165, 1.54) is 25.5 Å². The van der Waals surface area contributed by atoms with Crippen LogP contribution in [0.4, 0.5) is 25.4 Å². The zero-order chi connectivity index (χ0) is 51.8. The maximum absolute atomic E-state index is 16.2. The summed E-state index contributed by atoms with van der Waals surface area (Å²) in [6.07, 6.45) is 8.24. The molecule has 0 unspecified atom stereocenters. The lowest BCUT2D eigenvalue weighted by molar-refractivity contribution is -0.137. The maximum atomic E-state index is 16.2. The number of amides is 8. The van der Waals surface area contributed by atoms with E-state index >= 15 is 4.39 Å². The molecular weight excluding hydrogens is 938 g/mol. The highest BCUT2D eigenvalue weighted by atomic mass is 19.1. The number of carbonyl (C=O) groups is 8. The first-order valence-electron chi connectivity index (χ1n) is 24.4. The number of carbonyl (C=O) groups excluding carboxylic acids is 7. The molecule has 4 heterocycles. The van der Waals surface area contributed by atoms with E-state index in [0.717, 1.165) is 30.2 Å². The van der Waals surface area contributed by atoms with Crippen molar-refractivity contribution in [1.82, 2.24) is 30.3 Å². The number of hydrogen-bond donors (Lipinski definition) is 6. The van der Waals surface area contributed by atoms with Gasteiger partial charge < -0.3 is 55.9 Å². The second kappa shape index (κ2) is 23.1. The molecule has 386 valence electrons. The molecule has 1 aromatic heterocycles. The van der Waals surface area contributed by atoms with Gasteiger partial charge >= 0.3 is 18.1 Å². The van der Waals surface area contributed by atoms with E-state index < -0.39 is 58.8 Å². The topological polar surface area (TPSA) is 281 Å². The first kappa shape index (κ1) is 52.3. The summed E-state index contributed by atoms with van der Waals surface area (Å²) in [6, 6.07) is 4.49. The van der Waals surface area contributed by atoms with Crippen molar-refractivity contribution in [2.24, 2.45) is 17.6 Å². The van der Waals surface area contributed by atoms with Gasteiger partial charge in [-0.05, 0) is 87.0 Å². The molecule has 1 saturated carbocycles. The number of methoxy groups -OCH3 is 1. The van der Waals surface area contributed by atoms with Crippen LogP contribution in [0.3, 0.4) is 0 Å². The van der Waals surface area contributed by atoms with Crippen LogP contribution in [0.2, 0.25) is 0 Å². The van der Waals surface area contributed by atoms with Crippen LogP contribution in [-0.2, 0) is 35.3 Å². The van der Waals surface area contributed by atoms with Crippen molar-refractivity contribution in [2.45, 2.75) is 109 Å². The Morgan fingerprint density at radius 2 is 1.64 bits per heavy atom. The summed E-state index contributed by atoms with van der Waals surface area (Å²) in [6.45, 7) is 4.88. The quantitative estimate of drug-likeness (QED) is 0.0616. The van der Waals surface area contributed by atoms with Crippen LogP contribution in [-0.4, -0.2) is 125 Å². The van der Waals surface area contributed by atoms with Gasteiger partial charge in [0.2, 0.25) is 23.2 Å². The van der Waals surface area contributed by atoms with Gasteiger partial charge in [0.05, 0.1) is 24.1 Å². The number of unbranched alkanes of at least 4 members (excludes halogenated alkanes) is 2. The number of piperidine rings is 1. The number of nitrogens with zero attached hydrogens (tertiary/aromatic N) is 4. The highest BCUT2D eigenvalue weighted by molar-refractivity contribution is 6.12. The lowest BCUT2D eigenvalue weighted by atomic mass is 9.92. The summed E-state index contributed by atoms with van der Waals surface area (Å²) >= 11 is 0. The molecule has 22 heteroatoms. The Morgan fingerprint density at radius 3 is 2.29 bits per heavy atom. The summed E-state index contributed by atoms with van der Waals surface area (Å²) in [7, 11) is 1.39. The van der Waals surface area contributed by atoms with Crippen molar-refractivity contribution in [3.63, 3.8) is 0 Å². The number of urea groups is 1. The molecule has 4 aliphatic rings. The van der Waals surface area contributed by atoms with Crippen molar-refractivity contribution in [3.05, 3.63) is 75.8 Å². The number of nitrogens with two attached hydrogens (primary N) is 1. The summed E-state index contributed by atoms with van der Waals surface area (Å²) in [4.78, 5) is 119. The van der Waals surface area contributed by atoms with Crippen LogP contribution in [0, 0.1) is 17.7 Å². The molecule has 0 spiro atoms. The normalized spacial score (nSPS) is 18.2. The summed E-state index contributed by atoms with van der Waals surface area (Å²) in [5, 5.41) is 20.4. The van der Waals surface area contributed by atoms with Gasteiger partial charge in [0.25, 0.3) is 11.8 Å². The predicted molar refractivity (Wildman–Crippen MR) is 260 cm³/mol. The molecule has 4 atom stereocenters. The van der Waals surface area contributed by atoms with E-state index in [9.17, 15) is 48.3 Å². The lowest BCUT2D eigenvalue weighted by Crippen LogP contribution is -2.54. The fourth-order valence-electron chi connectivity index (χ4n) is 9.67. The van der Waals surface area contributed by atoms with E-state index in [-0.39, 0.29) is 104 Å². The van der Waals surface area contributed by atoms with Crippen molar-refractivity contribution in [1.29, 1.82) is 0 Å². The van der Waals surface area contributed by atoms with Crippen molar-refractivity contribution >= 4 is 69.9 Å². The zero-order valence-corrected chi connectivity index (χ0v) is 40.6. The second-order valence-corrected chi connectivity index (χ2v) is 19.0. The van der Waals surface area contributed by atoms with Crippen molar-refractivity contribution in [2.75, 3.05) is 50.1 Å². The molecule has 3 aliphatic heterocycles. The number of pyridine rings is 1. The number of likely N-dealkylation sites (tertiary alicyclic amines) is 1. The Bertz CT molecular complexity index is 2670. The van der Waals surface area contributed by atoms with Gasteiger partial charge in [0.1, 0.15) is 29.9 Å². The van der Waals surface area contributed by atoms with Gasteiger partial charge in [-0.1, -0.05) is 32.4 Å². The number of aromatic carboxylic acids is 1. The minimum Gasteiger partial charge on any atom is -0.492 e. The number of ether oxygens (including phenoxy) is 2. The molecule has 1 aliphatic carbocycles. The van der Waals surface area contributed by atoms with E-state index in [1.807, 2.05) is 4.90 Å². The number of hydrogen-bond acceptors (Lipinski definition) is 12. The number of carboxylic acids is 1. The lowest BCUT2D eigenvalue weighted by Gasteiger charge is -2.35. The van der Waals surface area contributed by atoms with Crippen molar-refractivity contribution < 1.29 is 57.3 Å². The van der Waals surface area contributed by atoms with Crippen LogP contribution in [0.25, 0.3) is 10.9 Å². The van der Waals surface area contributed by atoms with E-state index in [1.54, 1.807) is 47.6 Å². The number of aromatic nitrogens is 1. The molecule has 2 saturated heterocycles. The molecule has 0 bridgehead atoms. The third-order valence-corrected chi connectivity index (χ3v) is 13.5. The Labute approximate surface area is 414 Å². The molecule has 0 radical (unpaired) electrons. The number of primary amides is 1. The third-order valence-electron chi connectivity index (χ3n) is 13.5. The zero-order valence-electron chi connectivity index (χ0n) is 40.6. The van der Waals surface area contributed by atoms with Crippen LogP contribution in [0.1, 0.15) is 100 Å². The second-order valence-electron chi connectivity index (χ2n) is 19.0. The summed E-state index contributed by atoms with van der Waals surface area (Å²) in [5.74, 6) is -4.62. The molecule has 7 rings (SSSR count). The van der Waals surface area contributed by atoms with Crippen LogP contribution in [0.15, 0.2) is 53.5 Å². The fourth-order valence-corrected chi connectivity index (χ4v) is 9.67. The van der Waals surface area contributed by atoms with Gasteiger partial charge in [-0.15, -0.1) is 0 Å². The first-order valence-corrected chi connectivity index (χ1v) is 24.4. The largest absolute Gasteiger partial charge is 0.492 e. The van der Waals surface area contributed by atoms with Crippen LogP contribution < -0.4 is 42.1 Å². The van der Waals surface area contributed by atoms with Gasteiger partial charge in [-0.25, -0.2) is 18.8 Å². The number of fused-ring (bicyclic) bond motifs is 2. The number of anilines is 2. The highest BCUT2D eigenvalue weighted by Crippen LogP contribution is 2.45. The van der Waals surface area contributed by atoms with E-state index in [2.05, 4.69) is 21.3 Å². The average Bonchev–Trinajstić information content (AvgIpc) is 4.02. The Morgan fingerprint density at radius 1 is 0.917 bits per heavy atom. The molecule has 7 N–H and O–H groups in total. The number of imide groups is 1. The van der Waals surface area contributed by atoms with Gasteiger partial charge in [0.15, 0.2) is 11.6 Å². The van der Waals surface area contributed by atoms with Crippen molar-refractivity contribution in [3.8, 4) is 5.75 Å². The molecule has 3 aromatic rings. The Balaban J connectivity index is 0.938. The first-order chi connectivity index (χ1) is 34.4. The Kier molecular flexibility index (Phi) is 16.8. The molecule has 8 amide bonds. The summed E-state index contributed by atoms with van der Waals surface area (Å²) in [5.41, 5.74) is 5.44. The van der Waals surface area contributed by atoms with Gasteiger partial charge in [-0.3, -0.25) is 33.7 Å². The van der Waals surface area contributed by atoms with Gasteiger partial charge in [-0.2, -0.15) is 0 Å². The number of nitrogens with one attached hydrogen (secondary N) is 4. The number of rotatable bonds is 22. The SMILES string of the molecule is COc1c(N2C[C@@H]3CCCN(C(=O)OCc4ccc(NC(=O)[C@H](CCCNC(N)=O)NC(=O)[C@@H](NC(=O)CCCCCN5C(=O)C=CC5=O)C(C)C)cc4)[C@@H]3C2)c(F)cc2c(=O)c(C(=O)O)cn(C3CC3)c12. The molecular formula is C50H62FN9O12. The molecule has 2 aromatic carbocycles. The average molecular weight is 1000 g/mol. The minimum atomic E-state index is -1.40. The minimum absolute atomic E-state index is 0.0222. The van der Waals surface area contributed by atoms with Gasteiger partial charge in [0, 0.05) is 69.2 Å². The third kappa shape index (κ3) is 12.3. The molecule has 72 heavy (non-hydrogen) atoms. The van der Waals surface area contributed by atoms with Crippen LogP contribution in [0.5, 0.6) is 5.75 Å². The monoisotopic (exact) mass is 999 g/mol. The Hall–Kier alpha value is -7.52. The number of halogens is 1. The predicted octanol–water partition coefficient (Wildman–Crippen LogP) is 3.92. The van der Waals surface area contributed by atoms with E-state index in [0.29, 0.717) is 55.5 Å². The standard InChI is InChI=1S/C50H62FN9O12/c1-28(2)41(56-38(61)11-5-4-6-21-59-39(62)18-19-40(59)63)47(66)55-36(10-7-20-53-49(52)69)46(65)54-31-14-12-29(13-15-31)27-72-50(70)58-22-8-9-30-24-57(26-37(30)58)43-35(51)23-33-42(45(43)71-3)60(32-16-17-32)25-34(44(33)64)48(67)68/h12-15,18-19,23,25,28,30,32,36-37,41H,4-11,16-17,20-22,24,26-27H2,1-3H3,(H,54,65)(H,55,66)(H,56,61)(H,67,68)(H3,52,53,69)/t30-,36-,37+,41-/m0/s1. The highest BCUT2D eigenvalue weighted by Gasteiger charge is 2.44. The number of carboxylic acid groups (broad SMARTS) is 1. The maximum Gasteiger partial charge on any atom is 0.410 e. The fraction of sp³-hybridized carbons (Fsp3) is 0.500. The molecule has 21 nitrogen and oxygen atoms in total.